The molecule has 1 amide bonds. The number of aromatic nitrogens is 3. The van der Waals surface area contributed by atoms with Gasteiger partial charge in [-0.25, -0.2) is 4.98 Å². The highest BCUT2D eigenvalue weighted by atomic mass is 16.5. The van der Waals surface area contributed by atoms with E-state index in [4.69, 9.17) is 9.47 Å². The van der Waals surface area contributed by atoms with Gasteiger partial charge in [-0.2, -0.15) is 5.10 Å². The Morgan fingerprint density at radius 1 is 1.14 bits per heavy atom. The molecule has 0 aliphatic carbocycles. The van der Waals surface area contributed by atoms with Crippen LogP contribution in [0, 0.1) is 6.92 Å². The van der Waals surface area contributed by atoms with Crippen molar-refractivity contribution in [1.29, 1.82) is 0 Å². The maximum Gasteiger partial charge on any atom is 0.258 e. The lowest BCUT2D eigenvalue weighted by atomic mass is 9.98. The molecule has 0 bridgehead atoms. The lowest BCUT2D eigenvalue weighted by Crippen LogP contribution is -2.28. The molecule has 152 valence electrons. The van der Waals surface area contributed by atoms with Crippen molar-refractivity contribution < 1.29 is 14.3 Å². The molecule has 1 heterocycles. The van der Waals surface area contributed by atoms with Crippen LogP contribution in [0.1, 0.15) is 36.7 Å². The van der Waals surface area contributed by atoms with Crippen molar-refractivity contribution in [3.8, 4) is 22.9 Å². The first-order valence-corrected chi connectivity index (χ1v) is 9.52. The van der Waals surface area contributed by atoms with E-state index in [9.17, 15) is 4.79 Å². The van der Waals surface area contributed by atoms with Crippen LogP contribution in [0.15, 0.2) is 42.5 Å². The summed E-state index contributed by atoms with van der Waals surface area (Å²) in [6, 6.07) is 13.4. The first kappa shape index (κ1) is 20.4. The Labute approximate surface area is 170 Å². The minimum absolute atomic E-state index is 0.0556. The Morgan fingerprint density at radius 3 is 2.52 bits per heavy atom. The molecule has 7 heteroatoms. The third-order valence-corrected chi connectivity index (χ3v) is 4.57. The van der Waals surface area contributed by atoms with E-state index in [0.29, 0.717) is 23.3 Å². The summed E-state index contributed by atoms with van der Waals surface area (Å²) < 4.78 is 10.7. The lowest BCUT2D eigenvalue weighted by Gasteiger charge is -2.12. The second kappa shape index (κ2) is 9.23. The average Bonchev–Trinajstić information content (AvgIpc) is 3.19. The number of H-pyrrole nitrogens is 1. The van der Waals surface area contributed by atoms with Crippen molar-refractivity contribution in [1.82, 2.24) is 20.5 Å². The highest BCUT2D eigenvalue weighted by molar-refractivity contribution is 5.77. The van der Waals surface area contributed by atoms with Gasteiger partial charge >= 0.3 is 0 Å². The minimum Gasteiger partial charge on any atom is -0.497 e. The standard InChI is InChI=1S/C22H26N4O3/c1-14(2)19-10-9-18(11-15(19)3)29-13-21(27)23-12-20-24-22(26-25-20)16-5-7-17(28-4)8-6-16/h5-11,14H,12-13H2,1-4H3,(H,23,27)(H,24,25,26). The van der Waals surface area contributed by atoms with Gasteiger partial charge < -0.3 is 14.8 Å². The van der Waals surface area contributed by atoms with Gasteiger partial charge in [0.25, 0.3) is 5.91 Å². The number of aryl methyl sites for hydroxylation is 1. The van der Waals surface area contributed by atoms with E-state index < -0.39 is 0 Å². The maximum atomic E-state index is 12.1. The molecule has 29 heavy (non-hydrogen) atoms. The fraction of sp³-hybridized carbons (Fsp3) is 0.318. The molecule has 7 nitrogen and oxygen atoms in total. The van der Waals surface area contributed by atoms with Crippen LogP contribution in [0.2, 0.25) is 0 Å². The largest absolute Gasteiger partial charge is 0.497 e. The first-order chi connectivity index (χ1) is 14.0. The van der Waals surface area contributed by atoms with Gasteiger partial charge in [-0.3, -0.25) is 9.89 Å². The monoisotopic (exact) mass is 394 g/mol. The average molecular weight is 394 g/mol. The fourth-order valence-corrected chi connectivity index (χ4v) is 3.01. The molecule has 0 atom stereocenters. The third-order valence-electron chi connectivity index (χ3n) is 4.57. The van der Waals surface area contributed by atoms with E-state index in [1.165, 1.54) is 5.56 Å². The van der Waals surface area contributed by atoms with Gasteiger partial charge in [0.15, 0.2) is 12.4 Å². The Hall–Kier alpha value is -3.35. The Bertz CT molecular complexity index is 964. The van der Waals surface area contributed by atoms with Crippen molar-refractivity contribution >= 4 is 5.91 Å². The van der Waals surface area contributed by atoms with Crippen LogP contribution in [0.4, 0.5) is 0 Å². The number of nitrogens with one attached hydrogen (secondary N) is 2. The maximum absolute atomic E-state index is 12.1. The van der Waals surface area contributed by atoms with Crippen LogP contribution in [-0.2, 0) is 11.3 Å². The zero-order chi connectivity index (χ0) is 20.8. The van der Waals surface area contributed by atoms with Gasteiger partial charge in [0.1, 0.15) is 17.3 Å². The highest BCUT2D eigenvalue weighted by Gasteiger charge is 2.09. The number of hydrogen-bond donors (Lipinski definition) is 2. The van der Waals surface area contributed by atoms with E-state index in [-0.39, 0.29) is 19.1 Å². The molecular weight excluding hydrogens is 368 g/mol. The van der Waals surface area contributed by atoms with Crippen molar-refractivity contribution in [2.75, 3.05) is 13.7 Å². The molecule has 3 rings (SSSR count). The van der Waals surface area contributed by atoms with E-state index in [0.717, 1.165) is 16.9 Å². The van der Waals surface area contributed by atoms with Crippen LogP contribution < -0.4 is 14.8 Å². The number of nitrogens with zero attached hydrogens (tertiary/aromatic N) is 2. The third kappa shape index (κ3) is 5.34. The summed E-state index contributed by atoms with van der Waals surface area (Å²) in [5, 5.41) is 9.80. The molecule has 0 aliphatic rings. The van der Waals surface area contributed by atoms with Gasteiger partial charge in [0.05, 0.1) is 13.7 Å². The van der Waals surface area contributed by atoms with Crippen molar-refractivity contribution in [3.05, 3.63) is 59.4 Å². The SMILES string of the molecule is COc1ccc(-c2n[nH]c(CNC(=O)COc3ccc(C(C)C)c(C)c3)n2)cc1. The predicted octanol–water partition coefficient (Wildman–Crippen LogP) is 3.61. The van der Waals surface area contributed by atoms with Gasteiger partial charge in [-0.1, -0.05) is 19.9 Å². The molecule has 0 saturated carbocycles. The summed E-state index contributed by atoms with van der Waals surface area (Å²) >= 11 is 0. The summed E-state index contributed by atoms with van der Waals surface area (Å²) in [6.07, 6.45) is 0. The number of carbonyl (C=O) groups excluding carboxylic acids is 1. The van der Waals surface area contributed by atoms with Crippen LogP contribution in [0.3, 0.4) is 0 Å². The predicted molar refractivity (Wildman–Crippen MR) is 111 cm³/mol. The normalized spacial score (nSPS) is 10.8. The number of carbonyl (C=O) groups is 1. The number of benzene rings is 2. The summed E-state index contributed by atoms with van der Waals surface area (Å²) in [5.41, 5.74) is 3.30. The minimum atomic E-state index is -0.224. The molecule has 0 aliphatic heterocycles. The molecule has 1 aromatic heterocycles. The summed E-state index contributed by atoms with van der Waals surface area (Å²) in [6.45, 7) is 6.54. The quantitative estimate of drug-likeness (QED) is 0.609. The summed E-state index contributed by atoms with van der Waals surface area (Å²) in [7, 11) is 1.62. The number of rotatable bonds is 8. The molecular formula is C22H26N4O3. The molecule has 3 aromatic rings. The van der Waals surface area contributed by atoms with Gasteiger partial charge in [-0.15, -0.1) is 0 Å². The van der Waals surface area contributed by atoms with Gasteiger partial charge in [-0.05, 0) is 60.4 Å². The molecule has 2 aromatic carbocycles. The zero-order valence-corrected chi connectivity index (χ0v) is 17.2. The molecule has 2 N–H and O–H groups in total. The van der Waals surface area contributed by atoms with E-state index in [1.54, 1.807) is 7.11 Å². The number of amides is 1. The molecule has 0 unspecified atom stereocenters. The van der Waals surface area contributed by atoms with Crippen LogP contribution in [-0.4, -0.2) is 34.8 Å². The van der Waals surface area contributed by atoms with Crippen molar-refractivity contribution in [2.45, 2.75) is 33.2 Å². The van der Waals surface area contributed by atoms with E-state index in [2.05, 4.69) is 34.3 Å². The van der Waals surface area contributed by atoms with Crippen LogP contribution >= 0.6 is 0 Å². The number of ether oxygens (including phenoxy) is 2. The molecule has 0 saturated heterocycles. The lowest BCUT2D eigenvalue weighted by molar-refractivity contribution is -0.123. The fourth-order valence-electron chi connectivity index (χ4n) is 3.01. The first-order valence-electron chi connectivity index (χ1n) is 9.52. The van der Waals surface area contributed by atoms with Gasteiger partial charge in [0.2, 0.25) is 0 Å². The number of aromatic amines is 1. The smallest absolute Gasteiger partial charge is 0.258 e. The molecule has 0 fully saturated rings. The van der Waals surface area contributed by atoms with Crippen LogP contribution in [0.5, 0.6) is 11.5 Å². The van der Waals surface area contributed by atoms with Crippen molar-refractivity contribution in [3.63, 3.8) is 0 Å². The zero-order valence-electron chi connectivity index (χ0n) is 17.2. The topological polar surface area (TPSA) is 89.1 Å². The second-order valence-electron chi connectivity index (χ2n) is 7.07. The van der Waals surface area contributed by atoms with Crippen LogP contribution in [0.25, 0.3) is 11.4 Å². The Morgan fingerprint density at radius 2 is 1.86 bits per heavy atom. The summed E-state index contributed by atoms with van der Waals surface area (Å²) in [4.78, 5) is 16.5. The summed E-state index contributed by atoms with van der Waals surface area (Å²) in [5.74, 6) is 2.82. The Balaban J connectivity index is 1.49. The second-order valence-corrected chi connectivity index (χ2v) is 7.07. The van der Waals surface area contributed by atoms with E-state index >= 15 is 0 Å². The van der Waals surface area contributed by atoms with E-state index in [1.807, 2.05) is 49.4 Å². The number of hydrogen-bond acceptors (Lipinski definition) is 5. The van der Waals surface area contributed by atoms with Gasteiger partial charge in [0, 0.05) is 5.56 Å². The molecule has 0 radical (unpaired) electrons. The Kier molecular flexibility index (Phi) is 6.49. The van der Waals surface area contributed by atoms with Crippen molar-refractivity contribution in [2.24, 2.45) is 0 Å². The highest BCUT2D eigenvalue weighted by Crippen LogP contribution is 2.23. The molecule has 0 spiro atoms. The number of methoxy groups -OCH3 is 1.